The van der Waals surface area contributed by atoms with E-state index >= 15 is 0 Å². The summed E-state index contributed by atoms with van der Waals surface area (Å²) in [6.45, 7) is 0.197. The van der Waals surface area contributed by atoms with Crippen LogP contribution in [0.1, 0.15) is 59.7 Å². The van der Waals surface area contributed by atoms with Gasteiger partial charge in [-0.25, -0.2) is 17.9 Å². The summed E-state index contributed by atoms with van der Waals surface area (Å²) in [5, 5.41) is 20.1. The minimum atomic E-state index is -3.74. The second-order valence-electron chi connectivity index (χ2n) is 10.4. The van der Waals surface area contributed by atoms with Gasteiger partial charge in [0.2, 0.25) is 10.0 Å². The summed E-state index contributed by atoms with van der Waals surface area (Å²) in [6.07, 6.45) is 4.34. The molecule has 218 valence electrons. The average molecular weight is 581 g/mol. The first-order valence-corrected chi connectivity index (χ1v) is 15.6. The highest BCUT2D eigenvalue weighted by Gasteiger charge is 2.22. The lowest BCUT2D eigenvalue weighted by molar-refractivity contribution is 0.0967. The molecule has 0 spiro atoms. The van der Waals surface area contributed by atoms with Crippen molar-refractivity contribution in [2.75, 3.05) is 19.3 Å². The highest BCUT2D eigenvalue weighted by atomic mass is 32.2. The van der Waals surface area contributed by atoms with Crippen LogP contribution in [0.15, 0.2) is 72.8 Å². The van der Waals surface area contributed by atoms with E-state index in [1.807, 2.05) is 35.1 Å². The third-order valence-electron chi connectivity index (χ3n) is 7.16. The monoisotopic (exact) mass is 580 g/mol. The molecule has 1 fully saturated rings. The van der Waals surface area contributed by atoms with E-state index in [-0.39, 0.29) is 24.8 Å². The van der Waals surface area contributed by atoms with Gasteiger partial charge in [0.15, 0.2) is 0 Å². The number of hydrogen-bond donors (Lipinski definition) is 3. The van der Waals surface area contributed by atoms with Crippen LogP contribution < -0.4 is 9.46 Å². The highest BCUT2D eigenvalue weighted by Crippen LogP contribution is 2.31. The van der Waals surface area contributed by atoms with Crippen molar-refractivity contribution in [1.82, 2.24) is 9.62 Å². The molecule has 3 N–H and O–H groups in total. The van der Waals surface area contributed by atoms with Gasteiger partial charge in [0, 0.05) is 6.54 Å². The largest absolute Gasteiger partial charge is 0.490 e. The van der Waals surface area contributed by atoms with Crippen LogP contribution in [-0.2, 0) is 16.4 Å². The van der Waals surface area contributed by atoms with Crippen LogP contribution in [0.3, 0.4) is 0 Å². The Labute approximate surface area is 240 Å². The minimum absolute atomic E-state index is 0.0273. The number of hydrogen-bond acceptors (Lipinski definition) is 6. The third-order valence-corrected chi connectivity index (χ3v) is 7.71. The van der Waals surface area contributed by atoms with Crippen molar-refractivity contribution in [3.8, 4) is 16.9 Å². The van der Waals surface area contributed by atoms with Crippen LogP contribution in [0, 0.1) is 0 Å². The van der Waals surface area contributed by atoms with Gasteiger partial charge >= 0.3 is 6.09 Å². The second-order valence-corrected chi connectivity index (χ2v) is 12.1. The Morgan fingerprint density at radius 2 is 1.63 bits per heavy atom. The summed E-state index contributed by atoms with van der Waals surface area (Å²) in [7, 11) is -3.74. The first kappa shape index (κ1) is 30.1. The normalized spacial score (nSPS) is 14.7. The molecule has 0 aromatic heterocycles. The number of aliphatic hydroxyl groups excluding tert-OH is 1. The van der Waals surface area contributed by atoms with Gasteiger partial charge in [0.05, 0.1) is 30.6 Å². The number of ether oxygens (including phenoxy) is 1. The van der Waals surface area contributed by atoms with Crippen molar-refractivity contribution in [1.29, 1.82) is 0 Å². The Morgan fingerprint density at radius 3 is 2.27 bits per heavy atom. The number of nitrogens with one attached hydrogen (secondary N) is 1. The lowest BCUT2D eigenvalue weighted by Crippen LogP contribution is -2.35. The molecule has 2 amide bonds. The summed E-state index contributed by atoms with van der Waals surface area (Å²) in [4.78, 5) is 25.7. The standard InChI is InChI=1S/C31H36N2O7S/c1-41(38,39)32-30(35)27-17-16-25(20-29(27)40-26-10-6-3-7-11-26)23-14-12-22(13-15-23)18-19-33(31(36)37)21-28(34)24-8-4-2-5-9-24/h2,4-5,8-9,12-17,20,26,28,34H,3,6-7,10-11,18-19,21H2,1H3,(H,32,35)(H,36,37)/t28-/m1/s1. The molecule has 0 bridgehead atoms. The van der Waals surface area contributed by atoms with E-state index in [9.17, 15) is 28.2 Å². The highest BCUT2D eigenvalue weighted by molar-refractivity contribution is 7.89. The SMILES string of the molecule is CS(=O)(=O)NC(=O)c1ccc(-c2ccc(CCN(C[C@@H](O)c3ccccc3)C(=O)O)cc2)cc1OC1CCCCC1. The predicted molar refractivity (Wildman–Crippen MR) is 156 cm³/mol. The zero-order valence-electron chi connectivity index (χ0n) is 23.0. The fraction of sp³-hybridized carbons (Fsp3) is 0.355. The van der Waals surface area contributed by atoms with Gasteiger partial charge in [0.1, 0.15) is 5.75 Å². The van der Waals surface area contributed by atoms with Gasteiger partial charge in [-0.05, 0) is 66.5 Å². The van der Waals surface area contributed by atoms with Crippen LogP contribution in [0.25, 0.3) is 11.1 Å². The second kappa shape index (κ2) is 13.6. The van der Waals surface area contributed by atoms with E-state index in [0.29, 0.717) is 17.7 Å². The number of carbonyl (C=O) groups excluding carboxylic acids is 1. The molecule has 1 atom stereocenters. The van der Waals surface area contributed by atoms with Crippen molar-refractivity contribution < 1.29 is 33.0 Å². The molecule has 10 heteroatoms. The Morgan fingerprint density at radius 1 is 0.976 bits per heavy atom. The van der Waals surface area contributed by atoms with Crippen molar-refractivity contribution in [2.24, 2.45) is 0 Å². The minimum Gasteiger partial charge on any atom is -0.490 e. The Kier molecular flexibility index (Phi) is 10.0. The molecule has 9 nitrogen and oxygen atoms in total. The fourth-order valence-electron chi connectivity index (χ4n) is 4.96. The van der Waals surface area contributed by atoms with Gasteiger partial charge in [-0.3, -0.25) is 4.79 Å². The van der Waals surface area contributed by atoms with Crippen LogP contribution in [-0.4, -0.2) is 61.0 Å². The first-order chi connectivity index (χ1) is 19.6. The number of carboxylic acid groups (broad SMARTS) is 1. The number of sulfonamides is 1. The molecule has 3 aromatic rings. The predicted octanol–water partition coefficient (Wildman–Crippen LogP) is 5.01. The Hall–Kier alpha value is -3.89. The fourth-order valence-corrected chi connectivity index (χ4v) is 5.40. The summed E-state index contributed by atoms with van der Waals surface area (Å²) in [6, 6.07) is 21.7. The third kappa shape index (κ3) is 8.80. The number of benzene rings is 3. The van der Waals surface area contributed by atoms with Crippen molar-refractivity contribution in [3.05, 3.63) is 89.5 Å². The zero-order chi connectivity index (χ0) is 29.4. The van der Waals surface area contributed by atoms with E-state index < -0.39 is 28.1 Å². The maximum Gasteiger partial charge on any atom is 0.407 e. The van der Waals surface area contributed by atoms with Crippen molar-refractivity contribution in [3.63, 3.8) is 0 Å². The number of rotatable bonds is 11. The lowest BCUT2D eigenvalue weighted by atomic mass is 9.97. The molecule has 1 aliphatic carbocycles. The molecule has 4 rings (SSSR count). The van der Waals surface area contributed by atoms with Crippen LogP contribution in [0.5, 0.6) is 5.75 Å². The molecular weight excluding hydrogens is 544 g/mol. The number of carbonyl (C=O) groups is 2. The van der Waals surface area contributed by atoms with E-state index in [2.05, 4.69) is 0 Å². The number of amides is 2. The van der Waals surface area contributed by atoms with Crippen molar-refractivity contribution >= 4 is 22.0 Å². The van der Waals surface area contributed by atoms with Gasteiger partial charge in [-0.1, -0.05) is 67.1 Å². The summed E-state index contributed by atoms with van der Waals surface area (Å²) in [5.41, 5.74) is 3.42. The molecular formula is C31H36N2O7S. The maximum absolute atomic E-state index is 12.7. The molecule has 3 aromatic carbocycles. The smallest absolute Gasteiger partial charge is 0.407 e. The van der Waals surface area contributed by atoms with Crippen LogP contribution in [0.2, 0.25) is 0 Å². The molecule has 1 aliphatic rings. The molecule has 0 aliphatic heterocycles. The Bertz CT molecular complexity index is 1440. The molecule has 41 heavy (non-hydrogen) atoms. The average Bonchev–Trinajstić information content (AvgIpc) is 2.95. The summed E-state index contributed by atoms with van der Waals surface area (Å²) < 4.78 is 31.6. The van der Waals surface area contributed by atoms with Gasteiger partial charge in [0.25, 0.3) is 5.91 Å². The molecule has 1 saturated carbocycles. The van der Waals surface area contributed by atoms with Gasteiger partial charge < -0.3 is 19.8 Å². The first-order valence-electron chi connectivity index (χ1n) is 13.7. The summed E-state index contributed by atoms with van der Waals surface area (Å²) >= 11 is 0. The molecule has 0 unspecified atom stereocenters. The van der Waals surface area contributed by atoms with Gasteiger partial charge in [-0.15, -0.1) is 0 Å². The topological polar surface area (TPSA) is 133 Å². The van der Waals surface area contributed by atoms with Crippen molar-refractivity contribution in [2.45, 2.75) is 50.7 Å². The van der Waals surface area contributed by atoms with Crippen LogP contribution >= 0.6 is 0 Å². The van der Waals surface area contributed by atoms with Crippen LogP contribution in [0.4, 0.5) is 4.79 Å². The van der Waals surface area contributed by atoms with E-state index in [4.69, 9.17) is 4.74 Å². The lowest BCUT2D eigenvalue weighted by Gasteiger charge is -2.24. The molecule has 0 heterocycles. The zero-order valence-corrected chi connectivity index (χ0v) is 23.8. The molecule has 0 saturated heterocycles. The number of nitrogens with zero attached hydrogens (tertiary/aromatic N) is 1. The summed E-state index contributed by atoms with van der Waals surface area (Å²) in [5.74, 6) is -0.394. The Balaban J connectivity index is 1.47. The maximum atomic E-state index is 12.7. The van der Waals surface area contributed by atoms with E-state index in [1.165, 1.54) is 4.90 Å². The van der Waals surface area contributed by atoms with E-state index in [1.54, 1.807) is 42.5 Å². The number of aliphatic hydroxyl groups is 1. The quantitative estimate of drug-likeness (QED) is 0.290. The van der Waals surface area contributed by atoms with Gasteiger partial charge in [-0.2, -0.15) is 0 Å². The molecule has 0 radical (unpaired) electrons. The van der Waals surface area contributed by atoms with E-state index in [0.717, 1.165) is 55.1 Å².